The summed E-state index contributed by atoms with van der Waals surface area (Å²) in [5, 5.41) is 0. The highest BCUT2D eigenvalue weighted by atomic mass is 79.9. The quantitative estimate of drug-likeness (QED) is 0.869. The number of sulfonamides is 1. The van der Waals surface area contributed by atoms with Crippen LogP contribution < -0.4 is 4.72 Å². The van der Waals surface area contributed by atoms with Gasteiger partial charge in [0.1, 0.15) is 0 Å². The Morgan fingerprint density at radius 2 is 2.14 bits per heavy atom. The molecule has 14 heavy (non-hydrogen) atoms. The molecule has 0 fully saturated rings. The van der Waals surface area contributed by atoms with E-state index in [9.17, 15) is 8.42 Å². The van der Waals surface area contributed by atoms with Gasteiger partial charge in [0.2, 0.25) is 10.0 Å². The van der Waals surface area contributed by atoms with E-state index in [0.29, 0.717) is 10.4 Å². The van der Waals surface area contributed by atoms with Crippen molar-refractivity contribution in [3.05, 3.63) is 28.2 Å². The standard InChI is InChI=1S/C8H9BrClNO2S/c1-11-14(12,13)8-3-2-6(5-10)4-7(8)9/h2-4,11H,5H2,1H3. The van der Waals surface area contributed by atoms with E-state index in [1.807, 2.05) is 0 Å². The SMILES string of the molecule is CNS(=O)(=O)c1ccc(CCl)cc1Br. The molecule has 0 amide bonds. The van der Waals surface area contributed by atoms with Crippen LogP contribution in [0, 0.1) is 0 Å². The van der Waals surface area contributed by atoms with Crippen molar-refractivity contribution in [3.63, 3.8) is 0 Å². The van der Waals surface area contributed by atoms with Gasteiger partial charge in [-0.25, -0.2) is 13.1 Å². The summed E-state index contributed by atoms with van der Waals surface area (Å²) in [5.41, 5.74) is 0.869. The van der Waals surface area contributed by atoms with Crippen molar-refractivity contribution in [2.75, 3.05) is 7.05 Å². The van der Waals surface area contributed by atoms with Gasteiger partial charge in [0.15, 0.2) is 0 Å². The van der Waals surface area contributed by atoms with E-state index in [0.717, 1.165) is 5.56 Å². The van der Waals surface area contributed by atoms with Crippen LogP contribution in [0.2, 0.25) is 0 Å². The molecule has 0 aliphatic carbocycles. The predicted molar refractivity (Wildman–Crippen MR) is 59.9 cm³/mol. The molecular weight excluding hydrogens is 290 g/mol. The lowest BCUT2D eigenvalue weighted by atomic mass is 10.2. The minimum Gasteiger partial charge on any atom is -0.214 e. The van der Waals surface area contributed by atoms with Crippen LogP contribution >= 0.6 is 27.5 Å². The summed E-state index contributed by atoms with van der Waals surface area (Å²) in [5.74, 6) is 0.360. The van der Waals surface area contributed by atoms with Crippen molar-refractivity contribution in [1.29, 1.82) is 0 Å². The molecule has 1 aromatic carbocycles. The zero-order chi connectivity index (χ0) is 10.8. The van der Waals surface area contributed by atoms with E-state index < -0.39 is 10.0 Å². The molecule has 0 aromatic heterocycles. The Kier molecular flexibility index (Phi) is 3.94. The van der Waals surface area contributed by atoms with Crippen molar-refractivity contribution in [1.82, 2.24) is 4.72 Å². The van der Waals surface area contributed by atoms with Gasteiger partial charge in [-0.1, -0.05) is 6.07 Å². The predicted octanol–water partition coefficient (Wildman–Crippen LogP) is 2.10. The Balaban J connectivity index is 3.26. The number of rotatable bonds is 3. The van der Waals surface area contributed by atoms with Crippen LogP contribution in [0.15, 0.2) is 27.6 Å². The normalized spacial score (nSPS) is 11.6. The Hall–Kier alpha value is -0.100. The molecule has 1 aromatic rings. The zero-order valence-corrected chi connectivity index (χ0v) is 10.6. The fourth-order valence-corrected chi connectivity index (χ4v) is 2.97. The Morgan fingerprint density at radius 1 is 1.50 bits per heavy atom. The van der Waals surface area contributed by atoms with Gasteiger partial charge in [-0.15, -0.1) is 11.6 Å². The largest absolute Gasteiger partial charge is 0.241 e. The lowest BCUT2D eigenvalue weighted by molar-refractivity contribution is 0.588. The summed E-state index contributed by atoms with van der Waals surface area (Å²) in [7, 11) is -2.02. The molecular formula is C8H9BrClNO2S. The average molecular weight is 299 g/mol. The molecule has 0 bridgehead atoms. The first-order valence-electron chi connectivity index (χ1n) is 3.79. The van der Waals surface area contributed by atoms with Gasteiger partial charge in [-0.3, -0.25) is 0 Å². The molecule has 0 heterocycles. The molecule has 0 unspecified atom stereocenters. The third-order valence-electron chi connectivity index (χ3n) is 1.71. The summed E-state index contributed by atoms with van der Waals surface area (Å²) in [6.45, 7) is 0. The van der Waals surface area contributed by atoms with E-state index in [-0.39, 0.29) is 4.90 Å². The third-order valence-corrected chi connectivity index (χ3v) is 4.41. The van der Waals surface area contributed by atoms with Gasteiger partial charge in [0.25, 0.3) is 0 Å². The molecule has 78 valence electrons. The Bertz CT molecular complexity index is 433. The molecule has 0 atom stereocenters. The first-order valence-corrected chi connectivity index (χ1v) is 6.60. The highest BCUT2D eigenvalue weighted by molar-refractivity contribution is 9.10. The minimum absolute atomic E-state index is 0.217. The first kappa shape index (κ1) is 12.0. The molecule has 0 saturated carbocycles. The summed E-state index contributed by atoms with van der Waals surface area (Å²) in [4.78, 5) is 0.217. The second-order valence-electron chi connectivity index (χ2n) is 2.61. The average Bonchev–Trinajstić information content (AvgIpc) is 2.17. The summed E-state index contributed by atoms with van der Waals surface area (Å²) < 4.78 is 25.7. The molecule has 1 rings (SSSR count). The number of nitrogens with one attached hydrogen (secondary N) is 1. The first-order chi connectivity index (χ1) is 6.51. The fraction of sp³-hybridized carbons (Fsp3) is 0.250. The second kappa shape index (κ2) is 4.61. The van der Waals surface area contributed by atoms with E-state index in [4.69, 9.17) is 11.6 Å². The van der Waals surface area contributed by atoms with Crippen LogP contribution in [0.4, 0.5) is 0 Å². The topological polar surface area (TPSA) is 46.2 Å². The molecule has 0 radical (unpaired) electrons. The van der Waals surface area contributed by atoms with E-state index in [1.54, 1.807) is 12.1 Å². The van der Waals surface area contributed by atoms with Gasteiger partial charge in [-0.2, -0.15) is 0 Å². The van der Waals surface area contributed by atoms with Gasteiger partial charge in [0.05, 0.1) is 4.90 Å². The summed E-state index contributed by atoms with van der Waals surface area (Å²) >= 11 is 8.80. The highest BCUT2D eigenvalue weighted by Gasteiger charge is 2.14. The minimum atomic E-state index is -3.39. The second-order valence-corrected chi connectivity index (χ2v) is 5.58. The molecule has 0 aliphatic heterocycles. The molecule has 0 spiro atoms. The molecule has 6 heteroatoms. The number of benzene rings is 1. The number of hydrogen-bond acceptors (Lipinski definition) is 2. The molecule has 1 N–H and O–H groups in total. The van der Waals surface area contributed by atoms with Gasteiger partial charge in [0, 0.05) is 10.4 Å². The maximum Gasteiger partial charge on any atom is 0.241 e. The maximum absolute atomic E-state index is 11.4. The van der Waals surface area contributed by atoms with Crippen LogP contribution in [-0.2, 0) is 15.9 Å². The lowest BCUT2D eigenvalue weighted by Crippen LogP contribution is -2.19. The van der Waals surface area contributed by atoms with Crippen LogP contribution in [0.1, 0.15) is 5.56 Å². The van der Waals surface area contributed by atoms with Crippen molar-refractivity contribution >= 4 is 37.6 Å². The van der Waals surface area contributed by atoms with Crippen LogP contribution in [-0.4, -0.2) is 15.5 Å². The van der Waals surface area contributed by atoms with Crippen molar-refractivity contribution in [3.8, 4) is 0 Å². The molecule has 3 nitrogen and oxygen atoms in total. The Morgan fingerprint density at radius 3 is 2.57 bits per heavy atom. The van der Waals surface area contributed by atoms with Gasteiger partial charge < -0.3 is 0 Å². The van der Waals surface area contributed by atoms with Crippen molar-refractivity contribution in [2.45, 2.75) is 10.8 Å². The van der Waals surface area contributed by atoms with E-state index in [2.05, 4.69) is 20.7 Å². The number of alkyl halides is 1. The number of halogens is 2. The smallest absolute Gasteiger partial charge is 0.214 e. The Labute approximate surface area is 96.6 Å². The zero-order valence-electron chi connectivity index (χ0n) is 7.42. The van der Waals surface area contributed by atoms with E-state index >= 15 is 0 Å². The van der Waals surface area contributed by atoms with E-state index in [1.165, 1.54) is 13.1 Å². The molecule has 0 aliphatic rings. The monoisotopic (exact) mass is 297 g/mol. The fourth-order valence-electron chi connectivity index (χ4n) is 0.955. The maximum atomic E-state index is 11.4. The van der Waals surface area contributed by atoms with Crippen molar-refractivity contribution < 1.29 is 8.42 Å². The molecule has 0 saturated heterocycles. The highest BCUT2D eigenvalue weighted by Crippen LogP contribution is 2.23. The van der Waals surface area contributed by atoms with Gasteiger partial charge in [-0.05, 0) is 40.7 Å². The van der Waals surface area contributed by atoms with Crippen LogP contribution in [0.3, 0.4) is 0 Å². The van der Waals surface area contributed by atoms with Crippen LogP contribution in [0.25, 0.3) is 0 Å². The summed E-state index contributed by atoms with van der Waals surface area (Å²) in [6, 6.07) is 4.90. The van der Waals surface area contributed by atoms with Gasteiger partial charge >= 0.3 is 0 Å². The summed E-state index contributed by atoms with van der Waals surface area (Å²) in [6.07, 6.45) is 0. The number of hydrogen-bond donors (Lipinski definition) is 1. The van der Waals surface area contributed by atoms with Crippen LogP contribution in [0.5, 0.6) is 0 Å². The van der Waals surface area contributed by atoms with Crippen molar-refractivity contribution in [2.24, 2.45) is 0 Å². The third kappa shape index (κ3) is 2.48. The lowest BCUT2D eigenvalue weighted by Gasteiger charge is -2.05.